The van der Waals surface area contributed by atoms with Crippen LogP contribution in [-0.4, -0.2) is 82.7 Å². The van der Waals surface area contributed by atoms with Crippen molar-refractivity contribution in [2.75, 3.05) is 46.3 Å². The van der Waals surface area contributed by atoms with Gasteiger partial charge in [-0.2, -0.15) is 5.10 Å². The number of carbonyl (C=O) groups is 1. The van der Waals surface area contributed by atoms with Crippen LogP contribution in [0.4, 0.5) is 0 Å². The standard InChI is InChI=1S/C20H31N5O2/c1-22-8-3-2-7-18(20(22)27)24-12-9-23(10-13-24)11-14-25-19(26)15-16-5-4-6-17(16)21-25/h15,18H,2-14H2,1H3. The lowest BCUT2D eigenvalue weighted by Gasteiger charge is -2.39. The van der Waals surface area contributed by atoms with Gasteiger partial charge in [-0.25, -0.2) is 4.68 Å². The van der Waals surface area contributed by atoms with E-state index in [-0.39, 0.29) is 17.5 Å². The molecule has 1 amide bonds. The Kier molecular flexibility index (Phi) is 5.59. The summed E-state index contributed by atoms with van der Waals surface area (Å²) >= 11 is 0. The van der Waals surface area contributed by atoms with E-state index in [9.17, 15) is 9.59 Å². The molecular formula is C20H31N5O2. The van der Waals surface area contributed by atoms with Crippen LogP contribution in [0.1, 0.15) is 36.9 Å². The van der Waals surface area contributed by atoms with Gasteiger partial charge in [0.15, 0.2) is 0 Å². The van der Waals surface area contributed by atoms with Crippen LogP contribution in [0, 0.1) is 0 Å². The normalized spacial score (nSPS) is 24.9. The summed E-state index contributed by atoms with van der Waals surface area (Å²) in [7, 11) is 1.93. The lowest BCUT2D eigenvalue weighted by atomic mass is 10.1. The maximum atomic E-state index is 12.6. The topological polar surface area (TPSA) is 61.7 Å². The molecule has 148 valence electrons. The summed E-state index contributed by atoms with van der Waals surface area (Å²) in [6.45, 7) is 6.14. The van der Waals surface area contributed by atoms with E-state index >= 15 is 0 Å². The smallest absolute Gasteiger partial charge is 0.267 e. The van der Waals surface area contributed by atoms with Crippen molar-refractivity contribution >= 4 is 5.91 Å². The molecule has 1 aromatic rings. The molecule has 4 rings (SSSR count). The molecule has 1 aliphatic carbocycles. The third kappa shape index (κ3) is 4.09. The summed E-state index contributed by atoms with van der Waals surface area (Å²) in [5, 5.41) is 4.57. The van der Waals surface area contributed by atoms with Gasteiger partial charge in [0.25, 0.3) is 5.56 Å². The predicted octanol–water partition coefficient (Wildman–Crippen LogP) is 0.361. The van der Waals surface area contributed by atoms with Crippen LogP contribution in [0.25, 0.3) is 0 Å². The molecule has 0 radical (unpaired) electrons. The quantitative estimate of drug-likeness (QED) is 0.763. The molecule has 3 aliphatic rings. The van der Waals surface area contributed by atoms with Gasteiger partial charge in [-0.3, -0.25) is 19.4 Å². The fraction of sp³-hybridized carbons (Fsp3) is 0.750. The van der Waals surface area contributed by atoms with E-state index in [1.807, 2.05) is 11.9 Å². The van der Waals surface area contributed by atoms with Gasteiger partial charge in [0.1, 0.15) is 0 Å². The minimum atomic E-state index is 0.0291. The second-order valence-electron chi connectivity index (χ2n) is 8.18. The second-order valence-corrected chi connectivity index (χ2v) is 8.18. The number of hydrogen-bond acceptors (Lipinski definition) is 5. The molecule has 0 N–H and O–H groups in total. The summed E-state index contributed by atoms with van der Waals surface area (Å²) in [5.41, 5.74) is 2.28. The summed E-state index contributed by atoms with van der Waals surface area (Å²) in [6, 6.07) is 1.84. The molecule has 0 aromatic carbocycles. The molecule has 7 heteroatoms. The highest BCUT2D eigenvalue weighted by Crippen LogP contribution is 2.19. The van der Waals surface area contributed by atoms with Crippen LogP contribution in [-0.2, 0) is 24.2 Å². The SMILES string of the molecule is CN1CCCCC(N2CCN(CCn3nc4c(cc3=O)CCC4)CC2)C1=O. The van der Waals surface area contributed by atoms with Crippen LogP contribution >= 0.6 is 0 Å². The van der Waals surface area contributed by atoms with E-state index in [2.05, 4.69) is 14.9 Å². The van der Waals surface area contributed by atoms with Crippen molar-refractivity contribution in [2.45, 2.75) is 51.1 Å². The minimum absolute atomic E-state index is 0.0291. The van der Waals surface area contributed by atoms with E-state index in [0.717, 1.165) is 89.1 Å². The second kappa shape index (κ2) is 8.10. The number of likely N-dealkylation sites (N-methyl/N-ethyl adjacent to an activating group) is 1. The molecule has 0 bridgehead atoms. The molecule has 2 saturated heterocycles. The summed E-state index contributed by atoms with van der Waals surface area (Å²) < 4.78 is 1.64. The lowest BCUT2D eigenvalue weighted by molar-refractivity contribution is -0.135. The van der Waals surface area contributed by atoms with Crippen molar-refractivity contribution < 1.29 is 4.79 Å². The van der Waals surface area contributed by atoms with Crippen LogP contribution in [0.3, 0.4) is 0 Å². The number of carbonyl (C=O) groups excluding carboxylic acids is 1. The van der Waals surface area contributed by atoms with Gasteiger partial charge >= 0.3 is 0 Å². The molecular weight excluding hydrogens is 342 g/mol. The van der Waals surface area contributed by atoms with Crippen LogP contribution in [0.2, 0.25) is 0 Å². The molecule has 3 heterocycles. The van der Waals surface area contributed by atoms with Gasteiger partial charge in [-0.05, 0) is 44.1 Å². The Bertz CT molecular complexity index is 738. The maximum Gasteiger partial charge on any atom is 0.267 e. The van der Waals surface area contributed by atoms with Crippen LogP contribution < -0.4 is 5.56 Å². The first-order valence-corrected chi connectivity index (χ1v) is 10.4. The first kappa shape index (κ1) is 18.6. The largest absolute Gasteiger partial charge is 0.344 e. The van der Waals surface area contributed by atoms with Crippen molar-refractivity contribution in [1.29, 1.82) is 0 Å². The zero-order chi connectivity index (χ0) is 18.8. The van der Waals surface area contributed by atoms with Gasteiger partial charge in [-0.1, -0.05) is 0 Å². The lowest BCUT2D eigenvalue weighted by Crippen LogP contribution is -2.55. The van der Waals surface area contributed by atoms with Gasteiger partial charge in [0.05, 0.1) is 18.3 Å². The Balaban J connectivity index is 1.30. The molecule has 2 aliphatic heterocycles. The molecule has 0 saturated carbocycles. The zero-order valence-corrected chi connectivity index (χ0v) is 16.4. The highest BCUT2D eigenvalue weighted by atomic mass is 16.2. The van der Waals surface area contributed by atoms with Crippen molar-refractivity contribution in [3.05, 3.63) is 27.7 Å². The summed E-state index contributed by atoms with van der Waals surface area (Å²) in [6.07, 6.45) is 6.34. The zero-order valence-electron chi connectivity index (χ0n) is 16.4. The molecule has 1 unspecified atom stereocenters. The average molecular weight is 374 g/mol. The van der Waals surface area contributed by atoms with Crippen molar-refractivity contribution in [3.8, 4) is 0 Å². The third-order valence-corrected chi connectivity index (χ3v) is 6.38. The van der Waals surface area contributed by atoms with Crippen LogP contribution in [0.15, 0.2) is 10.9 Å². The monoisotopic (exact) mass is 373 g/mol. The van der Waals surface area contributed by atoms with E-state index in [1.54, 1.807) is 10.7 Å². The molecule has 27 heavy (non-hydrogen) atoms. The number of hydrogen-bond donors (Lipinski definition) is 0. The van der Waals surface area contributed by atoms with Gasteiger partial charge in [0, 0.05) is 52.4 Å². The first-order valence-electron chi connectivity index (χ1n) is 10.4. The minimum Gasteiger partial charge on any atom is -0.344 e. The highest BCUT2D eigenvalue weighted by molar-refractivity contribution is 5.81. The molecule has 1 atom stereocenters. The number of fused-ring (bicyclic) bond motifs is 1. The number of aryl methyl sites for hydroxylation is 2. The fourth-order valence-corrected chi connectivity index (χ4v) is 4.65. The fourth-order valence-electron chi connectivity index (χ4n) is 4.65. The van der Waals surface area contributed by atoms with E-state index in [1.165, 1.54) is 0 Å². The molecule has 2 fully saturated rings. The van der Waals surface area contributed by atoms with E-state index in [0.29, 0.717) is 6.54 Å². The number of nitrogens with zero attached hydrogens (tertiary/aromatic N) is 5. The van der Waals surface area contributed by atoms with E-state index in [4.69, 9.17) is 0 Å². The van der Waals surface area contributed by atoms with E-state index < -0.39 is 0 Å². The number of aromatic nitrogens is 2. The van der Waals surface area contributed by atoms with Gasteiger partial charge in [-0.15, -0.1) is 0 Å². The summed E-state index contributed by atoms with van der Waals surface area (Å²) in [5.74, 6) is 0.287. The highest BCUT2D eigenvalue weighted by Gasteiger charge is 2.32. The number of rotatable bonds is 4. The van der Waals surface area contributed by atoms with Crippen molar-refractivity contribution in [3.63, 3.8) is 0 Å². The third-order valence-electron chi connectivity index (χ3n) is 6.38. The van der Waals surface area contributed by atoms with Crippen molar-refractivity contribution in [2.24, 2.45) is 0 Å². The molecule has 1 aromatic heterocycles. The number of likely N-dealkylation sites (tertiary alicyclic amines) is 1. The van der Waals surface area contributed by atoms with Gasteiger partial charge in [0.2, 0.25) is 5.91 Å². The Morgan fingerprint density at radius 1 is 1.00 bits per heavy atom. The Labute approximate surface area is 160 Å². The maximum absolute atomic E-state index is 12.6. The Morgan fingerprint density at radius 2 is 1.81 bits per heavy atom. The summed E-state index contributed by atoms with van der Waals surface area (Å²) in [4.78, 5) is 31.5. The van der Waals surface area contributed by atoms with Gasteiger partial charge < -0.3 is 4.90 Å². The molecule has 0 spiro atoms. The van der Waals surface area contributed by atoms with Crippen molar-refractivity contribution in [1.82, 2.24) is 24.5 Å². The Morgan fingerprint density at radius 3 is 2.63 bits per heavy atom. The predicted molar refractivity (Wildman–Crippen MR) is 104 cm³/mol. The number of piperazine rings is 1. The molecule has 7 nitrogen and oxygen atoms in total. The number of amides is 1. The first-order chi connectivity index (χ1) is 13.1. The Hall–Kier alpha value is -1.73. The van der Waals surface area contributed by atoms with Crippen LogP contribution in [0.5, 0.6) is 0 Å². The average Bonchev–Trinajstić information content (AvgIpc) is 3.06.